The molecule has 0 aromatic carbocycles. The van der Waals surface area contributed by atoms with E-state index >= 15 is 4.79 Å². The van der Waals surface area contributed by atoms with E-state index < -0.39 is 252 Å². The van der Waals surface area contributed by atoms with Crippen LogP contribution in [0.3, 0.4) is 0 Å². The molecule has 19 N–H and O–H groups in total. The first kappa shape index (κ1) is 67.9. The highest BCUT2D eigenvalue weighted by atomic mass is 16.8. The van der Waals surface area contributed by atoms with Crippen molar-refractivity contribution in [3.8, 4) is 0 Å². The van der Waals surface area contributed by atoms with E-state index in [2.05, 4.69) is 13.5 Å². The molecule has 0 aromatic heterocycles. The second kappa shape index (κ2) is 26.4. The lowest BCUT2D eigenvalue weighted by atomic mass is 9.41. The number of aliphatic hydroxyl groups excluding tert-OH is 19. The topological polar surface area (TPSA) is 512 Å². The second-order valence-electron chi connectivity index (χ2n) is 26.0. The van der Waals surface area contributed by atoms with Gasteiger partial charge >= 0.3 is 5.97 Å². The van der Waals surface area contributed by atoms with Gasteiger partial charge in [0.25, 0.3) is 0 Å². The largest absolute Gasteiger partial charge is 0.432 e. The summed E-state index contributed by atoms with van der Waals surface area (Å²) in [4.78, 5) is 15.4. The number of esters is 1. The summed E-state index contributed by atoms with van der Waals surface area (Å²) < 4.78 is 72.7. The Hall–Kier alpha value is -1.99. The van der Waals surface area contributed by atoms with Gasteiger partial charge in [-0.3, -0.25) is 4.79 Å². The van der Waals surface area contributed by atoms with Gasteiger partial charge in [-0.1, -0.05) is 19.9 Å². The van der Waals surface area contributed by atoms with Crippen LogP contribution in [0.15, 0.2) is 12.2 Å². The number of carbonyl (C=O) groups excluding carboxylic acids is 1. The van der Waals surface area contributed by atoms with Crippen molar-refractivity contribution in [3.05, 3.63) is 12.2 Å². The number of aliphatic hydroxyl groups is 19. The van der Waals surface area contributed by atoms with Gasteiger partial charge in [-0.05, 0) is 86.5 Å². The summed E-state index contributed by atoms with van der Waals surface area (Å²) in [7, 11) is 0. The average molecular weight is 1260 g/mol. The molecule has 14 unspecified atom stereocenters. The normalized spacial score (nSPS) is 54.6. The summed E-state index contributed by atoms with van der Waals surface area (Å²) in [6, 6.07) is 0. The first-order valence-corrected chi connectivity index (χ1v) is 29.8. The predicted molar refractivity (Wildman–Crippen MR) is 278 cm³/mol. The second-order valence-corrected chi connectivity index (χ2v) is 26.0. The van der Waals surface area contributed by atoms with E-state index in [4.69, 9.17) is 56.8 Å². The third kappa shape index (κ3) is 12.0. The van der Waals surface area contributed by atoms with E-state index in [1.807, 2.05) is 0 Å². The summed E-state index contributed by atoms with van der Waals surface area (Å²) in [6.07, 6.45) is -48.7. The fraction of sp³-hybridized carbons (Fsp3) is 0.945. The van der Waals surface area contributed by atoms with Crippen LogP contribution < -0.4 is 0 Å². The van der Waals surface area contributed by atoms with E-state index in [1.54, 1.807) is 6.92 Å². The van der Waals surface area contributed by atoms with Crippen LogP contribution in [0.4, 0.5) is 0 Å². The maximum atomic E-state index is 15.4. The molecular formula is C55H88O32. The zero-order valence-corrected chi connectivity index (χ0v) is 48.0. The molecule has 0 aromatic rings. The highest BCUT2D eigenvalue weighted by molar-refractivity contribution is 5.77. The number of hydrogen-bond acceptors (Lipinski definition) is 32. The minimum atomic E-state index is -2.07. The van der Waals surface area contributed by atoms with Crippen LogP contribution in [-0.2, 0) is 61.6 Å². The molecular weight excluding hydrogens is 1170 g/mol. The lowest BCUT2D eigenvalue weighted by Gasteiger charge is -2.64. The number of carbonyl (C=O) groups is 1. The van der Waals surface area contributed by atoms with Gasteiger partial charge in [-0.25, -0.2) is 0 Å². The van der Waals surface area contributed by atoms with Crippen molar-refractivity contribution in [3.63, 3.8) is 0 Å². The summed E-state index contributed by atoms with van der Waals surface area (Å²) in [6.45, 7) is 3.49. The van der Waals surface area contributed by atoms with Crippen LogP contribution in [0.5, 0.6) is 0 Å². The Morgan fingerprint density at radius 1 is 0.471 bits per heavy atom. The number of hydrogen-bond donors (Lipinski definition) is 19. The van der Waals surface area contributed by atoms with Crippen molar-refractivity contribution in [2.45, 2.75) is 255 Å². The van der Waals surface area contributed by atoms with Crippen molar-refractivity contribution >= 4 is 5.97 Å². The molecule has 1 spiro atoms. The number of ether oxygens (including phenoxy) is 12. The van der Waals surface area contributed by atoms with E-state index in [-0.39, 0.29) is 18.8 Å². The van der Waals surface area contributed by atoms with Crippen LogP contribution in [0.25, 0.3) is 0 Å². The van der Waals surface area contributed by atoms with Gasteiger partial charge in [0.2, 0.25) is 6.29 Å². The Balaban J connectivity index is 0.915. The van der Waals surface area contributed by atoms with Crippen molar-refractivity contribution in [1.82, 2.24) is 0 Å². The van der Waals surface area contributed by atoms with Crippen molar-refractivity contribution in [2.75, 3.05) is 39.6 Å². The van der Waals surface area contributed by atoms with Crippen LogP contribution in [0.1, 0.15) is 71.6 Å². The molecule has 4 saturated carbocycles. The Bertz CT molecular complexity index is 2340. The molecule has 32 heteroatoms. The van der Waals surface area contributed by atoms with Gasteiger partial charge in [0.1, 0.15) is 134 Å². The molecule has 87 heavy (non-hydrogen) atoms. The first-order valence-electron chi connectivity index (χ1n) is 29.8. The van der Waals surface area contributed by atoms with Crippen molar-refractivity contribution in [1.29, 1.82) is 0 Å². The van der Waals surface area contributed by atoms with E-state index in [0.29, 0.717) is 50.5 Å². The number of rotatable bonds is 17. The minimum absolute atomic E-state index is 0.127. The molecule has 2 bridgehead atoms. The fourth-order valence-corrected chi connectivity index (χ4v) is 16.1. The highest BCUT2D eigenvalue weighted by Gasteiger charge is 2.70. The lowest BCUT2D eigenvalue weighted by molar-refractivity contribution is -0.395. The highest BCUT2D eigenvalue weighted by Crippen LogP contribution is 2.74. The Morgan fingerprint density at radius 3 is 1.38 bits per heavy atom. The zero-order valence-electron chi connectivity index (χ0n) is 48.0. The SMILES string of the molecule is C=C1C[C@@]23CCC4[C@](C)(C(=O)O[C@@H]5OC(CO)[C@@H](O)[C@H](O[C@@H]6OC(CO)[C@@H](O)[C@H](O)C6O)C5O[C@@H]5O[C@@H](CO)[C@@H](O)C(O)C5O)CCC[C@@]4(C)[C@@H]2CCC1(O[C@@H]1OC(CO)[C@@H](O)[C@H](O[C@@H]2OC(CO)[C@@H](O)[C@H](O)C2O)C1O[C@@H]1OC[C@@H](O)C(O)C1O)C3. The number of fused-ring (bicyclic) bond motifs is 3. The average Bonchev–Trinajstić information content (AvgIpc) is 1.64. The summed E-state index contributed by atoms with van der Waals surface area (Å²) in [5.41, 5.74) is -3.08. The molecule has 35 atom stereocenters. The van der Waals surface area contributed by atoms with Gasteiger partial charge in [-0.2, -0.15) is 0 Å². The zero-order chi connectivity index (χ0) is 63.1. The molecule has 6 aliphatic heterocycles. The molecule has 500 valence electrons. The van der Waals surface area contributed by atoms with Gasteiger partial charge < -0.3 is 154 Å². The van der Waals surface area contributed by atoms with Crippen LogP contribution in [0.2, 0.25) is 0 Å². The van der Waals surface area contributed by atoms with E-state index in [9.17, 15) is 97.0 Å². The molecule has 10 rings (SSSR count). The standard InChI is InChI=1S/C55H88O32/c1-19-11-54-9-5-26-52(2,27(54)6-10-55(19,18-54)87-50-44(84-45-37(71)28(62)20(61)17-76-45)42(33(67)25(16-60)81-50)83-47-39(73)35(69)30(64)22(13-57)78-47)7-4-8-53(26,3)51(75)86-49-43(85-48-40(74)36(70)31(65)23(14-58)79-48)41(32(66)24(15-59)80-49)82-46-38(72)34(68)29(63)21(12-56)77-46/h20-50,56-74H,1,4-18H2,2-3H3/t20-,21?,22?,23+,24?,25?,26?,27+,28?,29-,30-,31-,32-,33-,34+,35+,36?,37?,38?,39?,40?,41+,42+,43?,44?,45+,46+,47+,48+,49+,50+,52-,53-,54-,55?/m1/s1. The Morgan fingerprint density at radius 2 is 0.885 bits per heavy atom. The summed E-state index contributed by atoms with van der Waals surface area (Å²) in [5, 5.41) is 204. The van der Waals surface area contributed by atoms with Crippen LogP contribution in [-0.4, -0.2) is 326 Å². The van der Waals surface area contributed by atoms with E-state index in [0.717, 1.165) is 0 Å². The van der Waals surface area contributed by atoms with Crippen LogP contribution in [0, 0.1) is 28.1 Å². The van der Waals surface area contributed by atoms with E-state index in [1.165, 1.54) is 0 Å². The third-order valence-corrected chi connectivity index (χ3v) is 20.9. The first-order chi connectivity index (χ1) is 41.2. The summed E-state index contributed by atoms with van der Waals surface area (Å²) in [5.74, 6) is -1.38. The van der Waals surface area contributed by atoms with Crippen LogP contribution >= 0.6 is 0 Å². The van der Waals surface area contributed by atoms with Gasteiger partial charge in [-0.15, -0.1) is 0 Å². The predicted octanol–water partition coefficient (Wildman–Crippen LogP) is -8.83. The van der Waals surface area contributed by atoms with Gasteiger partial charge in [0.05, 0.1) is 50.7 Å². The third-order valence-electron chi connectivity index (χ3n) is 20.9. The molecule has 4 aliphatic carbocycles. The Kier molecular flexibility index (Phi) is 20.6. The quantitative estimate of drug-likeness (QED) is 0.0365. The molecule has 0 radical (unpaired) electrons. The molecule has 0 amide bonds. The fourth-order valence-electron chi connectivity index (χ4n) is 16.1. The molecule has 32 nitrogen and oxygen atoms in total. The monoisotopic (exact) mass is 1260 g/mol. The molecule has 10 fully saturated rings. The van der Waals surface area contributed by atoms with Crippen molar-refractivity contribution < 1.29 is 159 Å². The smallest absolute Gasteiger partial charge is 0.314 e. The maximum absolute atomic E-state index is 15.4. The molecule has 6 heterocycles. The van der Waals surface area contributed by atoms with Gasteiger partial charge in [0.15, 0.2) is 37.6 Å². The maximum Gasteiger partial charge on any atom is 0.314 e. The molecule has 6 saturated heterocycles. The minimum Gasteiger partial charge on any atom is -0.432 e. The van der Waals surface area contributed by atoms with Crippen molar-refractivity contribution in [2.24, 2.45) is 28.1 Å². The van der Waals surface area contributed by atoms with Gasteiger partial charge in [0, 0.05) is 0 Å². The summed E-state index contributed by atoms with van der Waals surface area (Å²) >= 11 is 0. The lowest BCUT2D eigenvalue weighted by Crippen LogP contribution is -2.68. The molecule has 10 aliphatic rings. The Labute approximate surface area is 498 Å².